The van der Waals surface area contributed by atoms with Crippen molar-refractivity contribution in [1.29, 1.82) is 5.26 Å². The Morgan fingerprint density at radius 3 is 2.52 bits per heavy atom. The van der Waals surface area contributed by atoms with Gasteiger partial charge < -0.3 is 5.32 Å². The van der Waals surface area contributed by atoms with E-state index in [2.05, 4.69) is 10.3 Å². The van der Waals surface area contributed by atoms with E-state index in [-0.39, 0.29) is 5.91 Å². The number of nitrogens with one attached hydrogen (secondary N) is 1. The number of carbonyl (C=O) groups excluding carboxylic acids is 1. The van der Waals surface area contributed by atoms with Crippen LogP contribution in [0, 0.1) is 10.7 Å². The summed E-state index contributed by atoms with van der Waals surface area (Å²) in [7, 11) is 0. The van der Waals surface area contributed by atoms with E-state index in [1.54, 1.807) is 0 Å². The van der Waals surface area contributed by atoms with Crippen molar-refractivity contribution in [2.45, 2.75) is 33.1 Å². The highest BCUT2D eigenvalue weighted by Crippen LogP contribution is 2.24. The Morgan fingerprint density at radius 2 is 2.05 bits per heavy atom. The van der Waals surface area contributed by atoms with Gasteiger partial charge in [0.1, 0.15) is 5.40 Å². The van der Waals surface area contributed by atoms with Gasteiger partial charge in [-0.15, -0.1) is 0 Å². The zero-order valence-electron chi connectivity index (χ0n) is 12.7. The summed E-state index contributed by atoms with van der Waals surface area (Å²) in [6, 6.07) is 0. The minimum Gasteiger partial charge on any atom is -0.323 e. The molecule has 1 amide bonds. The molecule has 0 saturated heterocycles. The number of hydrogen-bond donors (Lipinski definition) is 1. The van der Waals surface area contributed by atoms with Gasteiger partial charge in [0.15, 0.2) is 5.37 Å². The van der Waals surface area contributed by atoms with E-state index in [0.29, 0.717) is 5.70 Å². The molecule has 0 aromatic rings. The molecule has 1 N–H and O–H groups in total. The van der Waals surface area contributed by atoms with Crippen molar-refractivity contribution in [1.82, 2.24) is 5.32 Å². The standard InChI is InChI=1S/C16H19N3OS/c1-5-9-11(6-2)14-12(7-3)13(8-4)18-15(20)16(19-14)21-10-17/h5-9,16H,1-4H3,(H,18,20)/b9-5-,11-6+,12-7+,13-8+. The highest BCUT2D eigenvalue weighted by molar-refractivity contribution is 8.04. The van der Waals surface area contributed by atoms with Gasteiger partial charge in [-0.2, -0.15) is 5.26 Å². The fraction of sp³-hybridized carbons (Fsp3) is 0.312. The Balaban J connectivity index is 3.51. The van der Waals surface area contributed by atoms with Gasteiger partial charge >= 0.3 is 0 Å². The van der Waals surface area contributed by atoms with E-state index in [1.807, 2.05) is 63.5 Å². The Labute approximate surface area is 130 Å². The smallest absolute Gasteiger partial charge is 0.260 e. The first kappa shape index (κ1) is 17.0. The summed E-state index contributed by atoms with van der Waals surface area (Å²) in [5.41, 5.74) is 3.21. The molecule has 1 aliphatic heterocycles. The van der Waals surface area contributed by atoms with Crippen LogP contribution >= 0.6 is 11.8 Å². The average molecular weight is 301 g/mol. The first-order chi connectivity index (χ1) is 10.1. The zero-order chi connectivity index (χ0) is 15.8. The second kappa shape index (κ2) is 8.28. The molecule has 0 radical (unpaired) electrons. The second-order valence-electron chi connectivity index (χ2n) is 4.18. The summed E-state index contributed by atoms with van der Waals surface area (Å²) >= 11 is 0.849. The minimum absolute atomic E-state index is 0.278. The van der Waals surface area contributed by atoms with Gasteiger partial charge in [-0.25, -0.2) is 0 Å². The Bertz CT molecular complexity index is 604. The van der Waals surface area contributed by atoms with Gasteiger partial charge in [-0.1, -0.05) is 30.4 Å². The fourth-order valence-corrected chi connectivity index (χ4v) is 2.43. The number of thiocyanates is 1. The summed E-state index contributed by atoms with van der Waals surface area (Å²) in [5, 5.41) is 12.9. The number of hydrogen-bond acceptors (Lipinski definition) is 4. The van der Waals surface area contributed by atoms with Crippen molar-refractivity contribution in [3.8, 4) is 5.40 Å². The average Bonchev–Trinajstić information content (AvgIpc) is 2.62. The molecule has 0 fully saturated rings. The highest BCUT2D eigenvalue weighted by Gasteiger charge is 2.27. The Morgan fingerprint density at radius 1 is 1.33 bits per heavy atom. The van der Waals surface area contributed by atoms with Crippen molar-refractivity contribution in [2.75, 3.05) is 0 Å². The summed E-state index contributed by atoms with van der Waals surface area (Å²) in [5.74, 6) is -0.278. The molecule has 1 aliphatic rings. The first-order valence-electron chi connectivity index (χ1n) is 6.69. The Kier molecular flexibility index (Phi) is 6.70. The lowest BCUT2D eigenvalue weighted by Gasteiger charge is -2.12. The molecular weight excluding hydrogens is 282 g/mol. The number of carbonyl (C=O) groups is 1. The van der Waals surface area contributed by atoms with Gasteiger partial charge in [0.25, 0.3) is 5.91 Å². The summed E-state index contributed by atoms with van der Waals surface area (Å²) < 4.78 is 0. The third-order valence-electron chi connectivity index (χ3n) is 2.95. The van der Waals surface area contributed by atoms with E-state index in [0.717, 1.165) is 28.6 Å². The fourth-order valence-electron chi connectivity index (χ4n) is 2.01. The molecule has 4 nitrogen and oxygen atoms in total. The SMILES string of the molecule is C/C=C\C(=C/C)C1=NC(SC#N)C(=O)NC(=C/C)/C1=C\C. The molecule has 1 rings (SSSR count). The summed E-state index contributed by atoms with van der Waals surface area (Å²) in [4.78, 5) is 16.7. The van der Waals surface area contributed by atoms with Gasteiger partial charge in [0, 0.05) is 11.3 Å². The zero-order valence-corrected chi connectivity index (χ0v) is 13.5. The summed E-state index contributed by atoms with van der Waals surface area (Å²) in [6.07, 6.45) is 9.57. The van der Waals surface area contributed by atoms with Gasteiger partial charge in [0.05, 0.1) is 5.71 Å². The molecule has 5 heteroatoms. The van der Waals surface area contributed by atoms with Crippen molar-refractivity contribution < 1.29 is 4.79 Å². The molecule has 0 saturated carbocycles. The van der Waals surface area contributed by atoms with E-state index >= 15 is 0 Å². The molecule has 1 unspecified atom stereocenters. The lowest BCUT2D eigenvalue weighted by molar-refractivity contribution is -0.119. The number of thioether (sulfide) groups is 1. The van der Waals surface area contributed by atoms with Crippen LogP contribution in [-0.4, -0.2) is 17.0 Å². The largest absolute Gasteiger partial charge is 0.323 e. The van der Waals surface area contributed by atoms with Crippen molar-refractivity contribution >= 4 is 23.4 Å². The third-order valence-corrected chi connectivity index (χ3v) is 3.59. The van der Waals surface area contributed by atoms with Crippen LogP contribution in [0.1, 0.15) is 27.7 Å². The molecule has 1 atom stereocenters. The van der Waals surface area contributed by atoms with E-state index in [4.69, 9.17) is 5.26 Å². The first-order valence-corrected chi connectivity index (χ1v) is 7.57. The molecule has 0 spiro atoms. The molecule has 0 aromatic carbocycles. The lowest BCUT2D eigenvalue weighted by Crippen LogP contribution is -2.29. The minimum atomic E-state index is -0.766. The third kappa shape index (κ3) is 3.96. The van der Waals surface area contributed by atoms with E-state index in [9.17, 15) is 4.79 Å². The van der Waals surface area contributed by atoms with E-state index < -0.39 is 5.37 Å². The molecule has 110 valence electrons. The summed E-state index contributed by atoms with van der Waals surface area (Å²) in [6.45, 7) is 7.62. The van der Waals surface area contributed by atoms with Gasteiger partial charge in [-0.3, -0.25) is 9.79 Å². The predicted molar refractivity (Wildman–Crippen MR) is 88.7 cm³/mol. The van der Waals surface area contributed by atoms with Crippen molar-refractivity contribution in [2.24, 2.45) is 4.99 Å². The van der Waals surface area contributed by atoms with Crippen LogP contribution in [0.3, 0.4) is 0 Å². The molecule has 0 aromatic heterocycles. The molecule has 1 heterocycles. The molecule has 21 heavy (non-hydrogen) atoms. The normalized spacial score (nSPS) is 24.0. The number of amides is 1. The van der Waals surface area contributed by atoms with Gasteiger partial charge in [0.2, 0.25) is 0 Å². The lowest BCUT2D eigenvalue weighted by atomic mass is 9.98. The highest BCUT2D eigenvalue weighted by atomic mass is 32.2. The molecular formula is C16H19N3OS. The Hall–Kier alpha value is -2.06. The van der Waals surface area contributed by atoms with Crippen LogP contribution in [0.15, 0.2) is 52.2 Å². The van der Waals surface area contributed by atoms with Crippen LogP contribution in [0.2, 0.25) is 0 Å². The van der Waals surface area contributed by atoms with Crippen LogP contribution in [0.25, 0.3) is 0 Å². The van der Waals surface area contributed by atoms with E-state index in [1.165, 1.54) is 0 Å². The quantitative estimate of drug-likeness (QED) is 0.641. The maximum atomic E-state index is 12.2. The van der Waals surface area contributed by atoms with Crippen LogP contribution in [0.5, 0.6) is 0 Å². The van der Waals surface area contributed by atoms with Crippen LogP contribution in [0.4, 0.5) is 0 Å². The number of aliphatic imine (C=N–C) groups is 1. The monoisotopic (exact) mass is 301 g/mol. The number of nitrogens with zero attached hydrogens (tertiary/aromatic N) is 2. The number of nitriles is 1. The van der Waals surface area contributed by atoms with Crippen molar-refractivity contribution in [3.05, 3.63) is 47.2 Å². The van der Waals surface area contributed by atoms with Gasteiger partial charge in [-0.05, 0) is 45.0 Å². The van der Waals surface area contributed by atoms with Crippen LogP contribution < -0.4 is 5.32 Å². The number of allylic oxidation sites excluding steroid dienone is 7. The second-order valence-corrected chi connectivity index (χ2v) is 5.04. The van der Waals surface area contributed by atoms with Crippen molar-refractivity contribution in [3.63, 3.8) is 0 Å². The predicted octanol–water partition coefficient (Wildman–Crippen LogP) is 3.47. The maximum Gasteiger partial charge on any atom is 0.260 e. The number of rotatable bonds is 3. The molecule has 0 bridgehead atoms. The van der Waals surface area contributed by atoms with Crippen LogP contribution in [-0.2, 0) is 4.79 Å². The topological polar surface area (TPSA) is 65.2 Å². The molecule has 0 aliphatic carbocycles. The maximum absolute atomic E-state index is 12.2.